The zero-order valence-corrected chi connectivity index (χ0v) is 10.7. The van der Waals surface area contributed by atoms with Crippen LogP contribution in [0.25, 0.3) is 0 Å². The van der Waals surface area contributed by atoms with E-state index in [1.165, 1.54) is 17.7 Å². The second-order valence-corrected chi connectivity index (χ2v) is 6.01. The average Bonchev–Trinajstić information content (AvgIpc) is 2.58. The number of nitrogen functional groups attached to an aromatic ring is 1. The van der Waals surface area contributed by atoms with Crippen LogP contribution < -0.4 is 5.73 Å². The maximum Gasteiger partial charge on any atom is 0.0677 e. The van der Waals surface area contributed by atoms with Crippen molar-refractivity contribution in [2.24, 2.45) is 0 Å². The molecule has 0 saturated carbocycles. The first-order valence-electron chi connectivity index (χ1n) is 5.71. The molecule has 0 radical (unpaired) electrons. The molecule has 1 aromatic rings. The van der Waals surface area contributed by atoms with Crippen molar-refractivity contribution < 1.29 is 4.74 Å². The van der Waals surface area contributed by atoms with Gasteiger partial charge < -0.3 is 10.5 Å². The number of anilines is 1. The van der Waals surface area contributed by atoms with Crippen LogP contribution >= 0.6 is 11.8 Å². The summed E-state index contributed by atoms with van der Waals surface area (Å²) in [5, 5.41) is 0. The molecule has 0 aliphatic carbocycles. The molecule has 0 amide bonds. The molecule has 0 spiro atoms. The first-order valence-corrected chi connectivity index (χ1v) is 6.70. The zero-order chi connectivity index (χ0) is 11.6. The Labute approximate surface area is 102 Å². The molecule has 2 rings (SSSR count). The van der Waals surface area contributed by atoms with Crippen molar-refractivity contribution >= 4 is 17.4 Å². The van der Waals surface area contributed by atoms with Crippen molar-refractivity contribution in [3.8, 4) is 0 Å². The first-order chi connectivity index (χ1) is 7.55. The minimum atomic E-state index is 0.0757. The van der Waals surface area contributed by atoms with Crippen LogP contribution in [0.2, 0.25) is 0 Å². The summed E-state index contributed by atoms with van der Waals surface area (Å²) in [6.07, 6.45) is 2.74. The molecule has 1 unspecified atom stereocenters. The smallest absolute Gasteiger partial charge is 0.0677 e. The van der Waals surface area contributed by atoms with Gasteiger partial charge in [-0.1, -0.05) is 0 Å². The standard InChI is InChI=1S/C13H19NOS/c1-13(2)8-7-11(15-13)9-16-12-5-3-10(14)4-6-12/h3-6,11H,7-9,14H2,1-2H3. The van der Waals surface area contributed by atoms with E-state index >= 15 is 0 Å². The fourth-order valence-corrected chi connectivity index (χ4v) is 2.89. The van der Waals surface area contributed by atoms with Gasteiger partial charge in [0.15, 0.2) is 0 Å². The van der Waals surface area contributed by atoms with Crippen LogP contribution in [0.3, 0.4) is 0 Å². The number of ether oxygens (including phenoxy) is 1. The van der Waals surface area contributed by atoms with E-state index in [0.29, 0.717) is 6.10 Å². The molecule has 1 atom stereocenters. The van der Waals surface area contributed by atoms with Gasteiger partial charge in [-0.2, -0.15) is 0 Å². The Bertz CT molecular complexity index is 347. The van der Waals surface area contributed by atoms with Crippen LogP contribution in [0, 0.1) is 0 Å². The minimum absolute atomic E-state index is 0.0757. The lowest BCUT2D eigenvalue weighted by molar-refractivity contribution is -0.00466. The Morgan fingerprint density at radius 3 is 2.62 bits per heavy atom. The average molecular weight is 237 g/mol. The highest BCUT2D eigenvalue weighted by atomic mass is 32.2. The summed E-state index contributed by atoms with van der Waals surface area (Å²) in [7, 11) is 0. The zero-order valence-electron chi connectivity index (χ0n) is 9.90. The lowest BCUT2D eigenvalue weighted by Gasteiger charge is -2.18. The lowest BCUT2D eigenvalue weighted by atomic mass is 10.1. The van der Waals surface area contributed by atoms with Crippen LogP contribution in [-0.4, -0.2) is 17.5 Å². The number of thioether (sulfide) groups is 1. The number of benzene rings is 1. The molecule has 1 aliphatic rings. The second-order valence-electron chi connectivity index (χ2n) is 4.92. The van der Waals surface area contributed by atoms with Crippen molar-refractivity contribution in [1.82, 2.24) is 0 Å². The first kappa shape index (κ1) is 11.8. The van der Waals surface area contributed by atoms with Crippen molar-refractivity contribution in [2.45, 2.75) is 43.3 Å². The van der Waals surface area contributed by atoms with Crippen molar-refractivity contribution in [3.05, 3.63) is 24.3 Å². The molecular formula is C13H19NOS. The maximum absolute atomic E-state index is 5.95. The Morgan fingerprint density at radius 2 is 2.06 bits per heavy atom. The van der Waals surface area contributed by atoms with Crippen LogP contribution in [0.1, 0.15) is 26.7 Å². The van der Waals surface area contributed by atoms with Gasteiger partial charge in [0.1, 0.15) is 0 Å². The summed E-state index contributed by atoms with van der Waals surface area (Å²) in [5.41, 5.74) is 6.54. The predicted molar refractivity (Wildman–Crippen MR) is 69.8 cm³/mol. The lowest BCUT2D eigenvalue weighted by Crippen LogP contribution is -2.20. The van der Waals surface area contributed by atoms with Crippen molar-refractivity contribution in [1.29, 1.82) is 0 Å². The molecule has 16 heavy (non-hydrogen) atoms. The maximum atomic E-state index is 5.95. The van der Waals surface area contributed by atoms with E-state index in [-0.39, 0.29) is 5.60 Å². The van der Waals surface area contributed by atoms with Gasteiger partial charge in [-0.15, -0.1) is 11.8 Å². The number of nitrogens with two attached hydrogens (primary N) is 1. The van der Waals surface area contributed by atoms with Crippen LogP contribution in [0.5, 0.6) is 0 Å². The molecule has 1 aliphatic heterocycles. The molecule has 1 aromatic carbocycles. The van der Waals surface area contributed by atoms with Gasteiger partial charge in [-0.3, -0.25) is 0 Å². The van der Waals surface area contributed by atoms with Gasteiger partial charge in [0.25, 0.3) is 0 Å². The second kappa shape index (κ2) is 4.68. The van der Waals surface area contributed by atoms with E-state index in [0.717, 1.165) is 11.4 Å². The topological polar surface area (TPSA) is 35.2 Å². The molecule has 1 heterocycles. The van der Waals surface area contributed by atoms with E-state index in [2.05, 4.69) is 26.0 Å². The minimum Gasteiger partial charge on any atom is -0.399 e. The molecule has 0 bridgehead atoms. The van der Waals surface area contributed by atoms with Crippen LogP contribution in [0.4, 0.5) is 5.69 Å². The molecule has 1 fully saturated rings. The molecule has 2 N–H and O–H groups in total. The van der Waals surface area contributed by atoms with E-state index in [9.17, 15) is 0 Å². The highest BCUT2D eigenvalue weighted by Crippen LogP contribution is 2.32. The molecule has 1 saturated heterocycles. The van der Waals surface area contributed by atoms with E-state index in [1.807, 2.05) is 23.9 Å². The fourth-order valence-electron chi connectivity index (χ4n) is 1.95. The van der Waals surface area contributed by atoms with Gasteiger partial charge >= 0.3 is 0 Å². The third-order valence-electron chi connectivity index (χ3n) is 2.87. The van der Waals surface area contributed by atoms with E-state index < -0.39 is 0 Å². The summed E-state index contributed by atoms with van der Waals surface area (Å²) < 4.78 is 5.95. The normalized spacial score (nSPS) is 23.5. The Kier molecular flexibility index (Phi) is 3.45. The van der Waals surface area contributed by atoms with Gasteiger partial charge in [-0.05, 0) is 51.0 Å². The van der Waals surface area contributed by atoms with Gasteiger partial charge in [0.05, 0.1) is 11.7 Å². The third-order valence-corrected chi connectivity index (χ3v) is 4.01. The SMILES string of the molecule is CC1(C)CCC(CSc2ccc(N)cc2)O1. The quantitative estimate of drug-likeness (QED) is 0.647. The highest BCUT2D eigenvalue weighted by Gasteiger charge is 2.31. The summed E-state index contributed by atoms with van der Waals surface area (Å²) in [6, 6.07) is 8.03. The van der Waals surface area contributed by atoms with Crippen LogP contribution in [0.15, 0.2) is 29.2 Å². The Morgan fingerprint density at radius 1 is 1.38 bits per heavy atom. The molecule has 2 nitrogen and oxygen atoms in total. The third kappa shape index (κ3) is 3.16. The molecule has 3 heteroatoms. The summed E-state index contributed by atoms with van der Waals surface area (Å²) in [6.45, 7) is 4.34. The predicted octanol–water partition coefficient (Wildman–Crippen LogP) is 3.32. The summed E-state index contributed by atoms with van der Waals surface area (Å²) in [5.74, 6) is 1.04. The number of rotatable bonds is 3. The largest absolute Gasteiger partial charge is 0.399 e. The molecule has 0 aromatic heterocycles. The van der Waals surface area contributed by atoms with Crippen LogP contribution in [-0.2, 0) is 4.74 Å². The molecule has 88 valence electrons. The van der Waals surface area contributed by atoms with Gasteiger partial charge in [0, 0.05) is 16.3 Å². The molecular weight excluding hydrogens is 218 g/mol. The summed E-state index contributed by atoms with van der Waals surface area (Å²) in [4.78, 5) is 1.27. The number of hydrogen-bond acceptors (Lipinski definition) is 3. The van der Waals surface area contributed by atoms with Gasteiger partial charge in [-0.25, -0.2) is 0 Å². The van der Waals surface area contributed by atoms with Crippen molar-refractivity contribution in [2.75, 3.05) is 11.5 Å². The Hall–Kier alpha value is -0.670. The van der Waals surface area contributed by atoms with Crippen molar-refractivity contribution in [3.63, 3.8) is 0 Å². The highest BCUT2D eigenvalue weighted by molar-refractivity contribution is 7.99. The summed E-state index contributed by atoms with van der Waals surface area (Å²) >= 11 is 1.85. The van der Waals surface area contributed by atoms with Gasteiger partial charge in [0.2, 0.25) is 0 Å². The monoisotopic (exact) mass is 237 g/mol. The van der Waals surface area contributed by atoms with E-state index in [4.69, 9.17) is 10.5 Å². The number of hydrogen-bond donors (Lipinski definition) is 1. The Balaban J connectivity index is 1.82. The van der Waals surface area contributed by atoms with E-state index in [1.54, 1.807) is 0 Å². The fraction of sp³-hybridized carbons (Fsp3) is 0.538.